The smallest absolute Gasteiger partial charge is 0.410 e. The monoisotopic (exact) mass is 660 g/mol. The van der Waals surface area contributed by atoms with Crippen LogP contribution in [-0.4, -0.2) is 81.1 Å². The van der Waals surface area contributed by atoms with Crippen LogP contribution in [0.4, 0.5) is 4.79 Å². The van der Waals surface area contributed by atoms with Gasteiger partial charge in [0.15, 0.2) is 0 Å². The van der Waals surface area contributed by atoms with Gasteiger partial charge in [-0.05, 0) is 76.5 Å². The molecule has 1 saturated heterocycles. The predicted octanol–water partition coefficient (Wildman–Crippen LogP) is 8.20. The number of nitrogens with zero attached hydrogens (tertiary/aromatic N) is 1. The molecule has 2 rings (SSSR count). The highest BCUT2D eigenvalue weighted by atomic mass is 16.6. The van der Waals surface area contributed by atoms with Crippen LogP contribution < -0.4 is 5.32 Å². The molecule has 0 saturated carbocycles. The minimum absolute atomic E-state index is 0.136. The van der Waals surface area contributed by atoms with E-state index in [0.29, 0.717) is 57.9 Å². The Labute approximate surface area is 284 Å². The summed E-state index contributed by atoms with van der Waals surface area (Å²) in [7, 11) is 1.40. The summed E-state index contributed by atoms with van der Waals surface area (Å²) in [5, 5.41) is 3.06. The van der Waals surface area contributed by atoms with Gasteiger partial charge in [-0.1, -0.05) is 76.8 Å². The zero-order valence-electron chi connectivity index (χ0n) is 30.1. The van der Waals surface area contributed by atoms with Crippen LogP contribution in [0.25, 0.3) is 0 Å². The molecule has 0 spiro atoms. The van der Waals surface area contributed by atoms with Crippen LogP contribution in [0, 0.1) is 0 Å². The number of amides is 2. The molecule has 0 radical (unpaired) electrons. The summed E-state index contributed by atoms with van der Waals surface area (Å²) in [6.45, 7) is 11.1. The molecule has 0 bridgehead atoms. The summed E-state index contributed by atoms with van der Waals surface area (Å²) in [6.07, 6.45) is 15.7. The third-order valence-electron chi connectivity index (χ3n) is 8.56. The van der Waals surface area contributed by atoms with Crippen molar-refractivity contribution < 1.29 is 33.3 Å². The van der Waals surface area contributed by atoms with Crippen LogP contribution in [0.1, 0.15) is 146 Å². The molecule has 1 aromatic rings. The Balaban J connectivity index is 1.80. The number of hydrogen-bond donors (Lipinski definition) is 1. The first-order valence-electron chi connectivity index (χ1n) is 18.2. The first-order valence-corrected chi connectivity index (χ1v) is 18.2. The van der Waals surface area contributed by atoms with Crippen molar-refractivity contribution >= 4 is 18.0 Å². The Hall–Kier alpha value is -2.65. The summed E-state index contributed by atoms with van der Waals surface area (Å²) in [5.41, 5.74) is 1.23. The van der Waals surface area contributed by atoms with Gasteiger partial charge in [-0.2, -0.15) is 0 Å². The van der Waals surface area contributed by atoms with Crippen molar-refractivity contribution in [1.82, 2.24) is 10.2 Å². The minimum atomic E-state index is -0.509. The van der Waals surface area contributed by atoms with Gasteiger partial charge in [0, 0.05) is 44.8 Å². The minimum Gasteiger partial charge on any atom is -0.469 e. The highest BCUT2D eigenvalue weighted by Gasteiger charge is 2.28. The van der Waals surface area contributed by atoms with E-state index >= 15 is 0 Å². The van der Waals surface area contributed by atoms with Crippen molar-refractivity contribution in [3.63, 3.8) is 0 Å². The van der Waals surface area contributed by atoms with Gasteiger partial charge >= 0.3 is 12.1 Å². The average Bonchev–Trinajstić information content (AvgIpc) is 3.06. The zero-order valence-corrected chi connectivity index (χ0v) is 30.1. The summed E-state index contributed by atoms with van der Waals surface area (Å²) in [5.74, 6) is -0.0597. The van der Waals surface area contributed by atoms with Crippen LogP contribution in [0.15, 0.2) is 24.3 Å². The van der Waals surface area contributed by atoms with Gasteiger partial charge in [0.1, 0.15) is 5.60 Å². The summed E-state index contributed by atoms with van der Waals surface area (Å²) in [4.78, 5) is 38.8. The first-order chi connectivity index (χ1) is 22.6. The van der Waals surface area contributed by atoms with E-state index in [2.05, 4.69) is 18.3 Å². The van der Waals surface area contributed by atoms with Gasteiger partial charge in [0.05, 0.1) is 19.8 Å². The second kappa shape index (κ2) is 23.6. The molecule has 1 N–H and O–H groups in total. The molecule has 9 heteroatoms. The standard InChI is InChI=1S/C38H64N2O7/c1-6-7-8-9-10-11-12-13-14-16-27-46-34(30-45-26-17-15-21-35(41)44-5)29-39-36(42)33-20-18-19-32(28-33)31-22-24-40(25-23-31)37(43)47-38(2,3)4/h18-20,28,31,34H,6-17,21-27,29-30H2,1-5H3,(H,39,42). The molecule has 268 valence electrons. The van der Waals surface area contributed by atoms with Gasteiger partial charge < -0.3 is 29.2 Å². The van der Waals surface area contributed by atoms with Crippen molar-refractivity contribution in [1.29, 1.82) is 0 Å². The fourth-order valence-corrected chi connectivity index (χ4v) is 5.76. The second-order valence-electron chi connectivity index (χ2n) is 13.9. The van der Waals surface area contributed by atoms with E-state index < -0.39 is 5.60 Å². The van der Waals surface area contributed by atoms with Gasteiger partial charge in [-0.15, -0.1) is 0 Å². The van der Waals surface area contributed by atoms with Crippen LogP contribution in [0.2, 0.25) is 0 Å². The third kappa shape index (κ3) is 18.5. The number of likely N-dealkylation sites (tertiary alicyclic amines) is 1. The molecule has 1 unspecified atom stereocenters. The lowest BCUT2D eigenvalue weighted by molar-refractivity contribution is -0.140. The summed E-state index contributed by atoms with van der Waals surface area (Å²) >= 11 is 0. The Kier molecular flexibility index (Phi) is 20.4. The Morgan fingerprint density at radius 1 is 0.894 bits per heavy atom. The number of hydrogen-bond acceptors (Lipinski definition) is 7. The number of piperidine rings is 1. The van der Waals surface area contributed by atoms with Gasteiger partial charge in [-0.25, -0.2) is 4.79 Å². The van der Waals surface area contributed by atoms with E-state index in [-0.39, 0.29) is 30.0 Å². The molecule has 1 fully saturated rings. The van der Waals surface area contributed by atoms with E-state index in [1.165, 1.54) is 58.5 Å². The Morgan fingerprint density at radius 3 is 2.17 bits per heavy atom. The molecule has 0 aromatic heterocycles. The SMILES string of the molecule is CCCCCCCCCCCCOC(CNC(=O)c1cccc(C2CCN(C(=O)OC(C)(C)C)CC2)c1)COCCCCC(=O)OC. The fraction of sp³-hybridized carbons (Fsp3) is 0.763. The topological polar surface area (TPSA) is 103 Å². The van der Waals surface area contributed by atoms with Crippen molar-refractivity contribution in [2.45, 2.75) is 142 Å². The van der Waals surface area contributed by atoms with E-state index in [9.17, 15) is 14.4 Å². The average molecular weight is 661 g/mol. The molecular weight excluding hydrogens is 596 g/mol. The molecule has 2 amide bonds. The number of carbonyl (C=O) groups is 3. The van der Waals surface area contributed by atoms with Crippen LogP contribution in [-0.2, 0) is 23.7 Å². The van der Waals surface area contributed by atoms with Crippen molar-refractivity contribution in [3.05, 3.63) is 35.4 Å². The molecule has 1 heterocycles. The van der Waals surface area contributed by atoms with Gasteiger partial charge in [-0.3, -0.25) is 9.59 Å². The largest absolute Gasteiger partial charge is 0.469 e. The lowest BCUT2D eigenvalue weighted by atomic mass is 9.88. The third-order valence-corrected chi connectivity index (χ3v) is 8.56. The summed E-state index contributed by atoms with van der Waals surface area (Å²) < 4.78 is 22.3. The van der Waals surface area contributed by atoms with Crippen molar-refractivity contribution in [2.24, 2.45) is 0 Å². The number of benzene rings is 1. The van der Waals surface area contributed by atoms with E-state index in [0.717, 1.165) is 37.7 Å². The Morgan fingerprint density at radius 2 is 1.53 bits per heavy atom. The number of esters is 1. The molecule has 1 atom stereocenters. The maximum Gasteiger partial charge on any atom is 0.410 e. The van der Waals surface area contributed by atoms with Crippen LogP contribution >= 0.6 is 0 Å². The number of nitrogens with one attached hydrogen (secondary N) is 1. The lowest BCUT2D eigenvalue weighted by Crippen LogP contribution is -2.41. The fourth-order valence-electron chi connectivity index (χ4n) is 5.76. The van der Waals surface area contributed by atoms with Gasteiger partial charge in [0.25, 0.3) is 5.91 Å². The Bertz CT molecular complexity index is 1020. The molecule has 0 aliphatic carbocycles. The molecule has 1 aliphatic rings. The normalized spacial score (nSPS) is 14.5. The second-order valence-corrected chi connectivity index (χ2v) is 13.9. The highest BCUT2D eigenvalue weighted by molar-refractivity contribution is 5.94. The summed E-state index contributed by atoms with van der Waals surface area (Å²) in [6, 6.07) is 7.81. The lowest BCUT2D eigenvalue weighted by Gasteiger charge is -2.33. The number of rotatable bonds is 23. The van der Waals surface area contributed by atoms with Gasteiger partial charge in [0.2, 0.25) is 0 Å². The molecule has 9 nitrogen and oxygen atoms in total. The number of methoxy groups -OCH3 is 1. The van der Waals surface area contributed by atoms with Crippen LogP contribution in [0.5, 0.6) is 0 Å². The highest BCUT2D eigenvalue weighted by Crippen LogP contribution is 2.29. The molecule has 47 heavy (non-hydrogen) atoms. The zero-order chi connectivity index (χ0) is 34.3. The van der Waals surface area contributed by atoms with Crippen LogP contribution in [0.3, 0.4) is 0 Å². The predicted molar refractivity (Wildman–Crippen MR) is 187 cm³/mol. The maximum absolute atomic E-state index is 13.2. The molecular formula is C38H64N2O7. The number of ether oxygens (including phenoxy) is 4. The van der Waals surface area contributed by atoms with Crippen molar-refractivity contribution in [3.8, 4) is 0 Å². The molecule has 1 aromatic carbocycles. The number of carbonyl (C=O) groups excluding carboxylic acids is 3. The van der Waals surface area contributed by atoms with E-state index in [1.54, 1.807) is 4.90 Å². The van der Waals surface area contributed by atoms with E-state index in [4.69, 9.17) is 18.9 Å². The first kappa shape index (κ1) is 40.5. The maximum atomic E-state index is 13.2. The van der Waals surface area contributed by atoms with Crippen molar-refractivity contribution in [2.75, 3.05) is 46.6 Å². The molecule has 1 aliphatic heterocycles. The number of unbranched alkanes of at least 4 members (excludes halogenated alkanes) is 10. The van der Waals surface area contributed by atoms with E-state index in [1.807, 2.05) is 39.0 Å². The quantitative estimate of drug-likeness (QED) is 0.0932.